The van der Waals surface area contributed by atoms with Gasteiger partial charge in [-0.3, -0.25) is 4.57 Å². The highest BCUT2D eigenvalue weighted by atomic mass is 35.5. The van der Waals surface area contributed by atoms with Crippen molar-refractivity contribution in [2.75, 3.05) is 0 Å². The monoisotopic (exact) mass is 296 g/mol. The lowest BCUT2D eigenvalue weighted by atomic mass is 10.2. The number of hydrogen-bond acceptors (Lipinski definition) is 1. The van der Waals surface area contributed by atoms with Gasteiger partial charge in [0.1, 0.15) is 0 Å². The summed E-state index contributed by atoms with van der Waals surface area (Å²) in [4.78, 5) is 0. The summed E-state index contributed by atoms with van der Waals surface area (Å²) in [5.41, 5.74) is 2.05. The summed E-state index contributed by atoms with van der Waals surface area (Å²) in [5, 5.41) is 14.0. The van der Waals surface area contributed by atoms with Crippen molar-refractivity contribution in [1.82, 2.24) is 9.13 Å². The van der Waals surface area contributed by atoms with Gasteiger partial charge < -0.3 is 9.67 Å². The lowest BCUT2D eigenvalue weighted by Gasteiger charge is -2.06. The van der Waals surface area contributed by atoms with Crippen molar-refractivity contribution in [2.45, 2.75) is 0 Å². The molecule has 4 aromatic rings. The highest BCUT2D eigenvalue weighted by Crippen LogP contribution is 2.32. The third-order valence-electron chi connectivity index (χ3n) is 3.90. The van der Waals surface area contributed by atoms with Gasteiger partial charge in [0.25, 0.3) is 0 Å². The van der Waals surface area contributed by atoms with E-state index in [4.69, 9.17) is 11.6 Å². The quantitative estimate of drug-likeness (QED) is 0.551. The smallest absolute Gasteiger partial charge is 0.203 e. The van der Waals surface area contributed by atoms with Crippen LogP contribution in [-0.4, -0.2) is 14.2 Å². The molecule has 3 nitrogen and oxygen atoms in total. The average Bonchev–Trinajstić information content (AvgIpc) is 3.00. The van der Waals surface area contributed by atoms with E-state index in [0.717, 1.165) is 22.0 Å². The van der Waals surface area contributed by atoms with Gasteiger partial charge in [-0.15, -0.1) is 0 Å². The molecule has 0 radical (unpaired) electrons. The Morgan fingerprint density at radius 3 is 2.71 bits per heavy atom. The Morgan fingerprint density at radius 2 is 1.86 bits per heavy atom. The fraction of sp³-hybridized carbons (Fsp3) is 0.0588. The van der Waals surface area contributed by atoms with Crippen LogP contribution >= 0.6 is 11.6 Å². The molecule has 0 spiro atoms. The maximum absolute atomic E-state index is 10.4. The molecule has 4 rings (SSSR count). The minimum Gasteiger partial charge on any atom is -0.494 e. The Bertz CT molecular complexity index is 981. The first kappa shape index (κ1) is 12.4. The number of aromatic hydroxyl groups is 1. The molecule has 2 heterocycles. The van der Waals surface area contributed by atoms with Gasteiger partial charge in [0.2, 0.25) is 5.88 Å². The third kappa shape index (κ3) is 1.82. The Kier molecular flexibility index (Phi) is 2.53. The summed E-state index contributed by atoms with van der Waals surface area (Å²) in [5.74, 6) is 0.232. The van der Waals surface area contributed by atoms with Crippen molar-refractivity contribution in [1.29, 1.82) is 0 Å². The molecule has 1 N–H and O–H groups in total. The lowest BCUT2D eigenvalue weighted by Crippen LogP contribution is -1.92. The zero-order valence-electron chi connectivity index (χ0n) is 11.4. The normalized spacial score (nSPS) is 11.5. The molecule has 2 aromatic heterocycles. The van der Waals surface area contributed by atoms with Crippen LogP contribution in [-0.2, 0) is 7.05 Å². The van der Waals surface area contributed by atoms with E-state index in [1.54, 1.807) is 10.6 Å². The molecular weight excluding hydrogens is 284 g/mol. The van der Waals surface area contributed by atoms with E-state index < -0.39 is 0 Å². The first-order chi connectivity index (χ1) is 10.1. The number of nitrogens with zero attached hydrogens (tertiary/aromatic N) is 2. The molecule has 4 heteroatoms. The van der Waals surface area contributed by atoms with Crippen molar-refractivity contribution in [2.24, 2.45) is 7.05 Å². The minimum absolute atomic E-state index is 0.232. The second-order valence-electron chi connectivity index (χ2n) is 5.22. The number of benzene rings is 2. The topological polar surface area (TPSA) is 30.1 Å². The molecule has 0 aliphatic heterocycles. The van der Waals surface area contributed by atoms with Crippen LogP contribution in [0, 0.1) is 0 Å². The molecule has 0 saturated heterocycles. The highest BCUT2D eigenvalue weighted by Gasteiger charge is 2.11. The molecule has 0 saturated carbocycles. The summed E-state index contributed by atoms with van der Waals surface area (Å²) < 4.78 is 3.85. The minimum atomic E-state index is 0.232. The van der Waals surface area contributed by atoms with Crippen LogP contribution in [0.3, 0.4) is 0 Å². The fourth-order valence-corrected chi connectivity index (χ4v) is 2.95. The van der Waals surface area contributed by atoms with E-state index >= 15 is 0 Å². The molecule has 21 heavy (non-hydrogen) atoms. The summed E-state index contributed by atoms with van der Waals surface area (Å²) in [7, 11) is 2.01. The van der Waals surface area contributed by atoms with Gasteiger partial charge in [-0.2, -0.15) is 0 Å². The molecule has 0 amide bonds. The maximum atomic E-state index is 10.4. The lowest BCUT2D eigenvalue weighted by molar-refractivity contribution is 0.448. The highest BCUT2D eigenvalue weighted by molar-refractivity contribution is 6.31. The summed E-state index contributed by atoms with van der Waals surface area (Å²) in [6.07, 6.45) is 3.93. The molecular formula is C17H13ClN2O. The Balaban J connectivity index is 1.98. The van der Waals surface area contributed by atoms with Crippen LogP contribution in [0.1, 0.15) is 0 Å². The number of halogens is 1. The van der Waals surface area contributed by atoms with Crippen molar-refractivity contribution < 1.29 is 5.11 Å². The summed E-state index contributed by atoms with van der Waals surface area (Å²) >= 11 is 6.02. The van der Waals surface area contributed by atoms with Gasteiger partial charge in [0.05, 0.1) is 5.69 Å². The van der Waals surface area contributed by atoms with Crippen molar-refractivity contribution >= 4 is 33.3 Å². The first-order valence-electron chi connectivity index (χ1n) is 6.68. The summed E-state index contributed by atoms with van der Waals surface area (Å²) in [6.45, 7) is 0. The standard InChI is InChI=1S/C17H13ClN2O/c1-19-7-6-11-2-4-14(9-16(11)19)20-10-12-8-13(18)3-5-15(12)17(20)21/h2-10,21H,1H3. The van der Waals surface area contributed by atoms with Crippen LogP contribution in [0.15, 0.2) is 54.9 Å². The van der Waals surface area contributed by atoms with Crippen LogP contribution in [0.4, 0.5) is 0 Å². The largest absolute Gasteiger partial charge is 0.494 e. The van der Waals surface area contributed by atoms with Crippen LogP contribution in [0.25, 0.3) is 27.4 Å². The Hall–Kier alpha value is -2.39. The zero-order chi connectivity index (χ0) is 14.6. The third-order valence-corrected chi connectivity index (χ3v) is 4.14. The fourth-order valence-electron chi connectivity index (χ4n) is 2.77. The predicted molar refractivity (Wildman–Crippen MR) is 86.4 cm³/mol. The molecule has 0 aliphatic rings. The number of rotatable bonds is 1. The second kappa shape index (κ2) is 4.30. The molecule has 0 bridgehead atoms. The molecule has 0 atom stereocenters. The average molecular weight is 297 g/mol. The van der Waals surface area contributed by atoms with E-state index in [-0.39, 0.29) is 5.88 Å². The van der Waals surface area contributed by atoms with Crippen molar-refractivity contribution in [3.8, 4) is 11.6 Å². The second-order valence-corrected chi connectivity index (χ2v) is 5.66. The molecule has 0 fully saturated rings. The Morgan fingerprint density at radius 1 is 1.00 bits per heavy atom. The van der Waals surface area contributed by atoms with Gasteiger partial charge in [-0.05, 0) is 41.8 Å². The predicted octanol–water partition coefficient (Wildman–Crippen LogP) is 4.48. The molecule has 0 unspecified atom stereocenters. The van der Waals surface area contributed by atoms with E-state index in [0.29, 0.717) is 5.02 Å². The van der Waals surface area contributed by atoms with Crippen molar-refractivity contribution in [3.05, 3.63) is 59.9 Å². The van der Waals surface area contributed by atoms with Gasteiger partial charge in [-0.25, -0.2) is 0 Å². The van der Waals surface area contributed by atoms with Gasteiger partial charge >= 0.3 is 0 Å². The molecule has 104 valence electrons. The number of aromatic nitrogens is 2. The first-order valence-corrected chi connectivity index (χ1v) is 7.06. The van der Waals surface area contributed by atoms with E-state index in [1.807, 2.05) is 37.6 Å². The zero-order valence-corrected chi connectivity index (χ0v) is 12.2. The van der Waals surface area contributed by atoms with Gasteiger partial charge in [-0.1, -0.05) is 17.7 Å². The van der Waals surface area contributed by atoms with E-state index in [1.165, 1.54) is 5.39 Å². The number of fused-ring (bicyclic) bond motifs is 2. The number of hydrogen-bond donors (Lipinski definition) is 1. The SMILES string of the molecule is Cn1ccc2ccc(-n3cc4cc(Cl)ccc4c3O)cc21. The van der Waals surface area contributed by atoms with Gasteiger partial charge in [0.15, 0.2) is 0 Å². The van der Waals surface area contributed by atoms with Crippen LogP contribution < -0.4 is 0 Å². The van der Waals surface area contributed by atoms with Crippen molar-refractivity contribution in [3.63, 3.8) is 0 Å². The van der Waals surface area contributed by atoms with Gasteiger partial charge in [0, 0.05) is 40.8 Å². The van der Waals surface area contributed by atoms with E-state index in [9.17, 15) is 5.11 Å². The maximum Gasteiger partial charge on any atom is 0.203 e. The summed E-state index contributed by atoms with van der Waals surface area (Å²) in [6, 6.07) is 13.7. The molecule has 0 aliphatic carbocycles. The van der Waals surface area contributed by atoms with E-state index in [2.05, 4.69) is 22.8 Å². The Labute approximate surface area is 126 Å². The molecule has 2 aromatic carbocycles. The van der Waals surface area contributed by atoms with Crippen LogP contribution in [0.2, 0.25) is 5.02 Å². The number of aryl methyl sites for hydroxylation is 1. The van der Waals surface area contributed by atoms with Crippen LogP contribution in [0.5, 0.6) is 5.88 Å².